The van der Waals surface area contributed by atoms with Gasteiger partial charge in [-0.1, -0.05) is 11.8 Å². The van der Waals surface area contributed by atoms with Crippen LogP contribution in [0.1, 0.15) is 12.7 Å². The molecule has 9 heteroatoms. The molecule has 0 radical (unpaired) electrons. The number of amides is 2. The number of carbonyl (C=O) groups excluding carboxylic acids is 2. The lowest BCUT2D eigenvalue weighted by Crippen LogP contribution is -2.50. The van der Waals surface area contributed by atoms with Crippen molar-refractivity contribution in [3.63, 3.8) is 0 Å². The third kappa shape index (κ3) is 3.73. The molecule has 1 aliphatic heterocycles. The topological polar surface area (TPSA) is 97.3 Å². The molecule has 0 spiro atoms. The number of aromatic nitrogens is 3. The van der Waals surface area contributed by atoms with Crippen LogP contribution in [0.3, 0.4) is 0 Å². The van der Waals surface area contributed by atoms with Crippen LogP contribution >= 0.6 is 11.8 Å². The lowest BCUT2D eigenvalue weighted by Gasteiger charge is -2.34. The first-order chi connectivity index (χ1) is 10.0. The zero-order valence-electron chi connectivity index (χ0n) is 12.3. The summed E-state index contributed by atoms with van der Waals surface area (Å²) in [7, 11) is 1.83. The molecule has 1 aromatic heterocycles. The molecule has 0 bridgehead atoms. The van der Waals surface area contributed by atoms with Crippen molar-refractivity contribution in [3.05, 3.63) is 5.82 Å². The number of carbonyl (C=O) groups is 2. The number of rotatable bonds is 4. The summed E-state index contributed by atoms with van der Waals surface area (Å²) in [6, 6.07) is 0. The van der Waals surface area contributed by atoms with Gasteiger partial charge in [0.1, 0.15) is 5.82 Å². The second kappa shape index (κ2) is 6.90. The predicted octanol–water partition coefficient (Wildman–Crippen LogP) is -0.943. The maximum Gasteiger partial charge on any atom is 0.233 e. The maximum absolute atomic E-state index is 12.2. The van der Waals surface area contributed by atoms with Gasteiger partial charge >= 0.3 is 0 Å². The molecule has 0 saturated carbocycles. The molecule has 1 aromatic rings. The minimum Gasteiger partial charge on any atom is -0.339 e. The third-order valence-electron chi connectivity index (χ3n) is 3.51. The van der Waals surface area contributed by atoms with Crippen LogP contribution in [0.15, 0.2) is 5.16 Å². The maximum atomic E-state index is 12.2. The van der Waals surface area contributed by atoms with Crippen molar-refractivity contribution in [2.24, 2.45) is 12.8 Å². The van der Waals surface area contributed by atoms with Crippen molar-refractivity contribution in [2.45, 2.75) is 18.6 Å². The van der Waals surface area contributed by atoms with Crippen molar-refractivity contribution in [1.82, 2.24) is 24.6 Å². The Labute approximate surface area is 127 Å². The Bertz CT molecular complexity index is 524. The van der Waals surface area contributed by atoms with Gasteiger partial charge < -0.3 is 20.1 Å². The molecule has 2 rings (SSSR count). The second-order valence-corrected chi connectivity index (χ2v) is 5.78. The molecule has 0 unspecified atom stereocenters. The molecule has 0 aromatic carbocycles. The molecule has 2 amide bonds. The summed E-state index contributed by atoms with van der Waals surface area (Å²) in [4.78, 5) is 26.9. The van der Waals surface area contributed by atoms with Crippen LogP contribution in [-0.4, -0.2) is 68.3 Å². The molecule has 0 atom stereocenters. The van der Waals surface area contributed by atoms with Crippen LogP contribution in [0.4, 0.5) is 0 Å². The molecule has 1 saturated heterocycles. The van der Waals surface area contributed by atoms with Crippen LogP contribution < -0.4 is 5.73 Å². The predicted molar refractivity (Wildman–Crippen MR) is 78.5 cm³/mol. The van der Waals surface area contributed by atoms with E-state index in [0.29, 0.717) is 49.5 Å². The molecular weight excluding hydrogens is 292 g/mol. The summed E-state index contributed by atoms with van der Waals surface area (Å²) in [6.45, 7) is 4.26. The summed E-state index contributed by atoms with van der Waals surface area (Å²) < 4.78 is 1.80. The van der Waals surface area contributed by atoms with E-state index in [4.69, 9.17) is 5.73 Å². The average molecular weight is 312 g/mol. The third-order valence-corrected chi connectivity index (χ3v) is 4.52. The van der Waals surface area contributed by atoms with E-state index in [9.17, 15) is 9.59 Å². The summed E-state index contributed by atoms with van der Waals surface area (Å²) in [6.07, 6.45) is 0. The Balaban J connectivity index is 1.82. The van der Waals surface area contributed by atoms with E-state index in [1.165, 1.54) is 11.8 Å². The van der Waals surface area contributed by atoms with E-state index in [-0.39, 0.29) is 11.8 Å². The first-order valence-corrected chi connectivity index (χ1v) is 7.76. The normalized spacial score (nSPS) is 15.4. The fourth-order valence-electron chi connectivity index (χ4n) is 2.14. The van der Waals surface area contributed by atoms with Crippen molar-refractivity contribution >= 4 is 23.6 Å². The molecule has 116 valence electrons. The zero-order valence-corrected chi connectivity index (χ0v) is 13.1. The highest BCUT2D eigenvalue weighted by Gasteiger charge is 2.22. The fourth-order valence-corrected chi connectivity index (χ4v) is 2.97. The van der Waals surface area contributed by atoms with Crippen LogP contribution in [0, 0.1) is 0 Å². The zero-order chi connectivity index (χ0) is 15.4. The van der Waals surface area contributed by atoms with Gasteiger partial charge in [0.25, 0.3) is 0 Å². The van der Waals surface area contributed by atoms with Gasteiger partial charge in [0.2, 0.25) is 11.8 Å². The Hall–Kier alpha value is -1.61. The van der Waals surface area contributed by atoms with E-state index in [1.54, 1.807) is 21.3 Å². The van der Waals surface area contributed by atoms with Crippen molar-refractivity contribution in [1.29, 1.82) is 0 Å². The van der Waals surface area contributed by atoms with Gasteiger partial charge in [-0.15, -0.1) is 10.2 Å². The number of nitrogens with zero attached hydrogens (tertiary/aromatic N) is 5. The van der Waals surface area contributed by atoms with E-state index < -0.39 is 0 Å². The van der Waals surface area contributed by atoms with Crippen LogP contribution in [0.5, 0.6) is 0 Å². The van der Waals surface area contributed by atoms with E-state index in [1.807, 2.05) is 7.05 Å². The molecule has 21 heavy (non-hydrogen) atoms. The Morgan fingerprint density at radius 1 is 1.19 bits per heavy atom. The summed E-state index contributed by atoms with van der Waals surface area (Å²) in [5.74, 6) is 1.13. The molecule has 2 N–H and O–H groups in total. The van der Waals surface area contributed by atoms with Gasteiger partial charge in [0, 0.05) is 40.2 Å². The molecule has 1 fully saturated rings. The van der Waals surface area contributed by atoms with Gasteiger partial charge in [0.05, 0.1) is 12.3 Å². The van der Waals surface area contributed by atoms with Crippen molar-refractivity contribution < 1.29 is 9.59 Å². The monoisotopic (exact) mass is 312 g/mol. The first kappa shape index (κ1) is 15.8. The fraction of sp³-hybridized carbons (Fsp3) is 0.667. The SMILES string of the molecule is CC(=O)N1CCN(C(=O)CSc2nnc(CN)n2C)CC1. The van der Waals surface area contributed by atoms with E-state index >= 15 is 0 Å². The standard InChI is InChI=1S/C12H20N6O2S/c1-9(19)17-3-5-18(6-4-17)11(20)8-21-12-15-14-10(7-13)16(12)2/h3-8,13H2,1-2H3. The van der Waals surface area contributed by atoms with Crippen LogP contribution in [0.25, 0.3) is 0 Å². The number of piperazine rings is 1. The summed E-state index contributed by atoms with van der Waals surface area (Å²) in [5.41, 5.74) is 5.53. The van der Waals surface area contributed by atoms with Crippen molar-refractivity contribution in [3.8, 4) is 0 Å². The van der Waals surface area contributed by atoms with Gasteiger partial charge in [-0.3, -0.25) is 9.59 Å². The highest BCUT2D eigenvalue weighted by Crippen LogP contribution is 2.16. The number of hydrogen-bond acceptors (Lipinski definition) is 6. The lowest BCUT2D eigenvalue weighted by atomic mass is 10.3. The molecule has 0 aliphatic carbocycles. The number of hydrogen-bond donors (Lipinski definition) is 1. The number of nitrogens with two attached hydrogens (primary N) is 1. The Morgan fingerprint density at radius 2 is 1.81 bits per heavy atom. The second-order valence-electron chi connectivity index (χ2n) is 4.84. The van der Waals surface area contributed by atoms with Gasteiger partial charge in [-0.2, -0.15) is 0 Å². The number of thioether (sulfide) groups is 1. The molecule has 8 nitrogen and oxygen atoms in total. The highest BCUT2D eigenvalue weighted by atomic mass is 32.2. The highest BCUT2D eigenvalue weighted by molar-refractivity contribution is 7.99. The largest absolute Gasteiger partial charge is 0.339 e. The minimum absolute atomic E-state index is 0.0560. The summed E-state index contributed by atoms with van der Waals surface area (Å²) in [5, 5.41) is 8.65. The van der Waals surface area contributed by atoms with E-state index in [2.05, 4.69) is 10.2 Å². The lowest BCUT2D eigenvalue weighted by molar-refractivity contribution is -0.136. The smallest absolute Gasteiger partial charge is 0.233 e. The van der Waals surface area contributed by atoms with Crippen LogP contribution in [0.2, 0.25) is 0 Å². The molecular formula is C12H20N6O2S. The molecule has 2 heterocycles. The minimum atomic E-state index is 0.0560. The Kier molecular flexibility index (Phi) is 5.18. The van der Waals surface area contributed by atoms with Crippen LogP contribution in [-0.2, 0) is 23.2 Å². The Morgan fingerprint density at radius 3 is 2.33 bits per heavy atom. The summed E-state index contributed by atoms with van der Waals surface area (Å²) >= 11 is 1.35. The quantitative estimate of drug-likeness (QED) is 0.721. The van der Waals surface area contributed by atoms with Crippen molar-refractivity contribution in [2.75, 3.05) is 31.9 Å². The molecule has 1 aliphatic rings. The van der Waals surface area contributed by atoms with Gasteiger partial charge in [-0.25, -0.2) is 0 Å². The van der Waals surface area contributed by atoms with Gasteiger partial charge in [0.15, 0.2) is 5.16 Å². The van der Waals surface area contributed by atoms with Gasteiger partial charge in [-0.05, 0) is 0 Å². The average Bonchev–Trinajstić information content (AvgIpc) is 2.85. The van der Waals surface area contributed by atoms with E-state index in [0.717, 1.165) is 0 Å². The first-order valence-electron chi connectivity index (χ1n) is 6.77.